The molecule has 114 valence electrons. The summed E-state index contributed by atoms with van der Waals surface area (Å²) >= 11 is 0. The molecule has 21 heavy (non-hydrogen) atoms. The highest BCUT2D eigenvalue weighted by Crippen LogP contribution is 2.23. The van der Waals surface area contributed by atoms with Gasteiger partial charge < -0.3 is 10.2 Å². The Labute approximate surface area is 126 Å². The van der Waals surface area contributed by atoms with Gasteiger partial charge in [-0.25, -0.2) is 4.98 Å². The fourth-order valence-electron chi connectivity index (χ4n) is 3.15. The third-order valence-corrected chi connectivity index (χ3v) is 4.34. The number of rotatable bonds is 4. The molecule has 0 aliphatic carbocycles. The zero-order chi connectivity index (χ0) is 14.8. The maximum Gasteiger partial charge on any atom is 0.157 e. The molecule has 5 nitrogen and oxygen atoms in total. The highest BCUT2D eigenvalue weighted by Gasteiger charge is 2.21. The summed E-state index contributed by atoms with van der Waals surface area (Å²) < 4.78 is 1.97. The molecule has 1 aliphatic rings. The molecule has 0 amide bonds. The first kappa shape index (κ1) is 14.3. The number of pyridine rings is 1. The molecular weight excluding hydrogens is 262 g/mol. The Balaban J connectivity index is 1.93. The van der Waals surface area contributed by atoms with Gasteiger partial charge in [-0.1, -0.05) is 0 Å². The molecule has 2 aromatic rings. The molecule has 2 aromatic heterocycles. The van der Waals surface area contributed by atoms with Crippen LogP contribution in [0.2, 0.25) is 0 Å². The molecule has 3 heterocycles. The second-order valence-corrected chi connectivity index (χ2v) is 6.36. The van der Waals surface area contributed by atoms with Gasteiger partial charge in [-0.2, -0.15) is 9.61 Å². The van der Waals surface area contributed by atoms with Crippen LogP contribution in [-0.4, -0.2) is 40.3 Å². The van der Waals surface area contributed by atoms with Gasteiger partial charge in [0.05, 0.1) is 0 Å². The number of fused-ring (bicyclic) bond motifs is 1. The van der Waals surface area contributed by atoms with Gasteiger partial charge in [0.2, 0.25) is 0 Å². The standard InChI is InChI=1S/C16H25N5/c1-12(2)20(10-14-4-6-17-7-5-14)16-9-13(3)8-15-18-11-19-21(15)16/h8-9,11-12,14,17H,4-7,10H2,1-3H3. The van der Waals surface area contributed by atoms with Crippen LogP contribution >= 0.6 is 0 Å². The predicted octanol–water partition coefficient (Wildman–Crippen LogP) is 2.25. The van der Waals surface area contributed by atoms with Crippen LogP contribution in [0.5, 0.6) is 0 Å². The van der Waals surface area contributed by atoms with Gasteiger partial charge in [0, 0.05) is 12.6 Å². The fraction of sp³-hybridized carbons (Fsp3) is 0.625. The van der Waals surface area contributed by atoms with Crippen LogP contribution in [0.3, 0.4) is 0 Å². The van der Waals surface area contributed by atoms with Crippen molar-refractivity contribution in [3.63, 3.8) is 0 Å². The Hall–Kier alpha value is -1.62. The third kappa shape index (κ3) is 3.02. The number of anilines is 1. The van der Waals surface area contributed by atoms with E-state index in [-0.39, 0.29) is 0 Å². The molecule has 0 bridgehead atoms. The van der Waals surface area contributed by atoms with Crippen molar-refractivity contribution in [1.29, 1.82) is 0 Å². The van der Waals surface area contributed by atoms with E-state index >= 15 is 0 Å². The van der Waals surface area contributed by atoms with E-state index in [1.165, 1.54) is 18.4 Å². The summed E-state index contributed by atoms with van der Waals surface area (Å²) in [5.41, 5.74) is 2.17. The van der Waals surface area contributed by atoms with E-state index in [9.17, 15) is 0 Å². The molecule has 0 atom stereocenters. The molecule has 0 saturated carbocycles. The zero-order valence-electron chi connectivity index (χ0n) is 13.2. The lowest BCUT2D eigenvalue weighted by Crippen LogP contribution is -2.40. The van der Waals surface area contributed by atoms with Crippen molar-refractivity contribution in [3.8, 4) is 0 Å². The van der Waals surface area contributed by atoms with Crippen LogP contribution in [-0.2, 0) is 0 Å². The minimum atomic E-state index is 0.453. The van der Waals surface area contributed by atoms with E-state index in [2.05, 4.69) is 53.2 Å². The SMILES string of the molecule is Cc1cc(N(CC2CCNCC2)C(C)C)n2ncnc2c1. The van der Waals surface area contributed by atoms with E-state index in [1.807, 2.05) is 4.52 Å². The van der Waals surface area contributed by atoms with Crippen molar-refractivity contribution in [2.24, 2.45) is 5.92 Å². The summed E-state index contributed by atoms with van der Waals surface area (Å²) in [6, 6.07) is 4.76. The van der Waals surface area contributed by atoms with Crippen molar-refractivity contribution in [3.05, 3.63) is 24.0 Å². The predicted molar refractivity (Wildman–Crippen MR) is 85.8 cm³/mol. The molecule has 1 aliphatic heterocycles. The minimum Gasteiger partial charge on any atom is -0.354 e. The molecular formula is C16H25N5. The summed E-state index contributed by atoms with van der Waals surface area (Å²) in [5, 5.41) is 7.85. The Morgan fingerprint density at radius 1 is 1.33 bits per heavy atom. The van der Waals surface area contributed by atoms with Gasteiger partial charge in [-0.15, -0.1) is 0 Å². The van der Waals surface area contributed by atoms with Crippen LogP contribution in [0, 0.1) is 12.8 Å². The van der Waals surface area contributed by atoms with E-state index in [0.717, 1.165) is 37.0 Å². The Kier molecular flexibility index (Phi) is 4.10. The van der Waals surface area contributed by atoms with Gasteiger partial charge in [-0.05, 0) is 70.3 Å². The topological polar surface area (TPSA) is 45.5 Å². The lowest BCUT2D eigenvalue weighted by molar-refractivity contribution is 0.366. The molecule has 3 rings (SSSR count). The minimum absolute atomic E-state index is 0.453. The normalized spacial score (nSPS) is 16.8. The van der Waals surface area contributed by atoms with Crippen molar-refractivity contribution in [2.75, 3.05) is 24.5 Å². The Morgan fingerprint density at radius 2 is 2.10 bits per heavy atom. The summed E-state index contributed by atoms with van der Waals surface area (Å²) in [4.78, 5) is 6.82. The van der Waals surface area contributed by atoms with Crippen molar-refractivity contribution >= 4 is 11.5 Å². The Bertz CT molecular complexity index is 598. The molecule has 1 N–H and O–H groups in total. The van der Waals surface area contributed by atoms with E-state index in [0.29, 0.717) is 6.04 Å². The largest absolute Gasteiger partial charge is 0.354 e. The zero-order valence-corrected chi connectivity index (χ0v) is 13.2. The molecule has 1 saturated heterocycles. The fourth-order valence-corrected chi connectivity index (χ4v) is 3.15. The quantitative estimate of drug-likeness (QED) is 0.937. The van der Waals surface area contributed by atoms with Crippen molar-refractivity contribution in [2.45, 2.75) is 39.7 Å². The summed E-state index contributed by atoms with van der Waals surface area (Å²) in [5.74, 6) is 1.92. The first-order valence-corrected chi connectivity index (χ1v) is 7.93. The van der Waals surface area contributed by atoms with Gasteiger partial charge in [0.15, 0.2) is 5.65 Å². The second-order valence-electron chi connectivity index (χ2n) is 6.36. The number of hydrogen-bond acceptors (Lipinski definition) is 4. The maximum absolute atomic E-state index is 4.41. The van der Waals surface area contributed by atoms with Gasteiger partial charge in [0.1, 0.15) is 12.1 Å². The summed E-state index contributed by atoms with van der Waals surface area (Å²) in [7, 11) is 0. The lowest BCUT2D eigenvalue weighted by Gasteiger charge is -2.34. The summed E-state index contributed by atoms with van der Waals surface area (Å²) in [6.45, 7) is 10.0. The van der Waals surface area contributed by atoms with E-state index in [1.54, 1.807) is 6.33 Å². The number of piperidine rings is 1. The third-order valence-electron chi connectivity index (χ3n) is 4.34. The molecule has 1 fully saturated rings. The first-order valence-electron chi connectivity index (χ1n) is 7.93. The number of aromatic nitrogens is 3. The number of nitrogens with one attached hydrogen (secondary N) is 1. The average Bonchev–Trinajstić information content (AvgIpc) is 2.93. The molecule has 0 unspecified atom stereocenters. The van der Waals surface area contributed by atoms with Gasteiger partial charge in [-0.3, -0.25) is 0 Å². The van der Waals surface area contributed by atoms with Gasteiger partial charge >= 0.3 is 0 Å². The molecule has 5 heteroatoms. The van der Waals surface area contributed by atoms with Crippen LogP contribution in [0.25, 0.3) is 5.65 Å². The van der Waals surface area contributed by atoms with E-state index in [4.69, 9.17) is 0 Å². The van der Waals surface area contributed by atoms with Crippen LogP contribution in [0.1, 0.15) is 32.3 Å². The monoisotopic (exact) mass is 287 g/mol. The Morgan fingerprint density at radius 3 is 2.81 bits per heavy atom. The highest BCUT2D eigenvalue weighted by molar-refractivity contribution is 5.53. The first-order chi connectivity index (χ1) is 10.1. The second kappa shape index (κ2) is 6.02. The molecule has 0 spiro atoms. The average molecular weight is 287 g/mol. The van der Waals surface area contributed by atoms with Crippen LogP contribution in [0.4, 0.5) is 5.82 Å². The lowest BCUT2D eigenvalue weighted by atomic mass is 9.97. The van der Waals surface area contributed by atoms with Crippen LogP contribution < -0.4 is 10.2 Å². The van der Waals surface area contributed by atoms with Gasteiger partial charge in [0.25, 0.3) is 0 Å². The maximum atomic E-state index is 4.41. The number of aryl methyl sites for hydroxylation is 1. The van der Waals surface area contributed by atoms with E-state index < -0.39 is 0 Å². The van der Waals surface area contributed by atoms with Crippen LogP contribution in [0.15, 0.2) is 18.5 Å². The molecule has 0 aromatic carbocycles. The van der Waals surface area contributed by atoms with Crippen molar-refractivity contribution < 1.29 is 0 Å². The summed E-state index contributed by atoms with van der Waals surface area (Å²) in [6.07, 6.45) is 4.16. The molecule has 0 radical (unpaired) electrons. The number of hydrogen-bond donors (Lipinski definition) is 1. The number of nitrogens with zero attached hydrogens (tertiary/aromatic N) is 4. The highest BCUT2D eigenvalue weighted by atomic mass is 15.4. The smallest absolute Gasteiger partial charge is 0.157 e. The van der Waals surface area contributed by atoms with Crippen molar-refractivity contribution in [1.82, 2.24) is 19.9 Å².